The highest BCUT2D eigenvalue weighted by atomic mass is 79.9. The number of hydrogen-bond donors (Lipinski definition) is 1. The van der Waals surface area contributed by atoms with Gasteiger partial charge in [0.15, 0.2) is 0 Å². The lowest BCUT2D eigenvalue weighted by atomic mass is 9.86. The fourth-order valence-electron chi connectivity index (χ4n) is 3.59. The molecule has 0 radical (unpaired) electrons. The fourth-order valence-corrected chi connectivity index (χ4v) is 4.35. The minimum absolute atomic E-state index is 0. The molecule has 3 nitrogen and oxygen atoms in total. The maximum Gasteiger partial charge on any atom is 0.416 e. The van der Waals surface area contributed by atoms with Gasteiger partial charge in [-0.25, -0.2) is 0 Å². The van der Waals surface area contributed by atoms with E-state index in [0.29, 0.717) is 6.54 Å². The number of piperidine rings is 1. The first-order valence-corrected chi connectivity index (χ1v) is 10.4. The zero-order valence-corrected chi connectivity index (χ0v) is 19.5. The van der Waals surface area contributed by atoms with Crippen molar-refractivity contribution in [2.24, 2.45) is 0 Å². The molecule has 158 valence electrons. The molecule has 2 aromatic carbocycles. The first-order chi connectivity index (χ1) is 13.2. The van der Waals surface area contributed by atoms with Crippen LogP contribution in [0.2, 0.25) is 0 Å². The Hall–Kier alpha value is -1.09. The third kappa shape index (κ3) is 5.75. The van der Waals surface area contributed by atoms with Gasteiger partial charge < -0.3 is 10.2 Å². The first kappa shape index (κ1) is 24.2. The van der Waals surface area contributed by atoms with Crippen LogP contribution in [0.5, 0.6) is 0 Å². The largest absolute Gasteiger partial charge is 0.416 e. The highest BCUT2D eigenvalue weighted by Gasteiger charge is 2.35. The molecule has 3 rings (SSSR count). The van der Waals surface area contributed by atoms with Crippen LogP contribution in [0.25, 0.3) is 0 Å². The quantitative estimate of drug-likeness (QED) is 0.513. The number of carbonyl (C=O) groups excluding carboxylic acids is 1. The molecule has 1 fully saturated rings. The van der Waals surface area contributed by atoms with E-state index in [9.17, 15) is 18.0 Å². The summed E-state index contributed by atoms with van der Waals surface area (Å²) in [5, 5.41) is 3.34. The van der Waals surface area contributed by atoms with Crippen molar-refractivity contribution in [2.75, 3.05) is 20.1 Å². The number of nitrogens with one attached hydrogen (secondary N) is 1. The lowest BCUT2D eigenvalue weighted by Crippen LogP contribution is -2.49. The van der Waals surface area contributed by atoms with Gasteiger partial charge in [0.05, 0.1) is 5.56 Å². The van der Waals surface area contributed by atoms with E-state index in [0.717, 1.165) is 35.1 Å². The molecule has 0 unspecified atom stereocenters. The molecule has 0 saturated carbocycles. The number of likely N-dealkylation sites (N-methyl/N-ethyl adjacent to an activating group) is 1. The molecular weight excluding hydrogens is 536 g/mol. The van der Waals surface area contributed by atoms with Gasteiger partial charge in [-0.15, -0.1) is 12.4 Å². The minimum atomic E-state index is -4.51. The van der Waals surface area contributed by atoms with Crippen LogP contribution in [-0.2, 0) is 6.18 Å². The van der Waals surface area contributed by atoms with Crippen molar-refractivity contribution in [1.29, 1.82) is 0 Å². The summed E-state index contributed by atoms with van der Waals surface area (Å²) in [5.74, 6) is -0.356. The van der Waals surface area contributed by atoms with Gasteiger partial charge in [0.1, 0.15) is 0 Å². The normalized spacial score (nSPS) is 19.4. The summed E-state index contributed by atoms with van der Waals surface area (Å²) in [6, 6.07) is 11.1. The van der Waals surface area contributed by atoms with E-state index in [-0.39, 0.29) is 34.4 Å². The molecule has 2 aromatic rings. The van der Waals surface area contributed by atoms with E-state index in [1.54, 1.807) is 11.9 Å². The zero-order chi connectivity index (χ0) is 20.5. The van der Waals surface area contributed by atoms with E-state index < -0.39 is 17.6 Å². The second-order valence-electron chi connectivity index (χ2n) is 6.86. The van der Waals surface area contributed by atoms with Gasteiger partial charge in [0.2, 0.25) is 0 Å². The number of carbonyl (C=O) groups is 1. The van der Waals surface area contributed by atoms with Crippen molar-refractivity contribution in [3.8, 4) is 0 Å². The lowest BCUT2D eigenvalue weighted by molar-refractivity contribution is -0.137. The first-order valence-electron chi connectivity index (χ1n) is 8.78. The number of benzene rings is 2. The topological polar surface area (TPSA) is 32.3 Å². The monoisotopic (exact) mass is 554 g/mol. The standard InChI is InChI=1S/C20H19Br2F3N2O.ClH/c1-27(19(28)13-8-14(20(23,24)25)10-16(22)9-13)18-6-7-26-11-17(18)12-2-4-15(21)5-3-12;/h2-5,8-10,17-18,26H,6-7,11H2,1H3;1H/t17-,18+;/m0./s1. The Kier molecular flexibility index (Phi) is 8.18. The summed E-state index contributed by atoms with van der Waals surface area (Å²) in [5.41, 5.74) is 0.274. The smallest absolute Gasteiger partial charge is 0.338 e. The Morgan fingerprint density at radius 3 is 2.38 bits per heavy atom. The van der Waals surface area contributed by atoms with Crippen LogP contribution in [-0.4, -0.2) is 37.0 Å². The molecule has 0 spiro atoms. The second kappa shape index (κ2) is 9.81. The van der Waals surface area contributed by atoms with Gasteiger partial charge in [0, 0.05) is 40.1 Å². The van der Waals surface area contributed by atoms with Gasteiger partial charge in [-0.05, 0) is 48.9 Å². The van der Waals surface area contributed by atoms with E-state index >= 15 is 0 Å². The molecule has 2 atom stereocenters. The molecule has 29 heavy (non-hydrogen) atoms. The minimum Gasteiger partial charge on any atom is -0.338 e. The van der Waals surface area contributed by atoms with Crippen LogP contribution in [0.3, 0.4) is 0 Å². The molecule has 0 aromatic heterocycles. The van der Waals surface area contributed by atoms with Gasteiger partial charge >= 0.3 is 6.18 Å². The van der Waals surface area contributed by atoms with Crippen LogP contribution in [0.15, 0.2) is 51.4 Å². The highest BCUT2D eigenvalue weighted by Crippen LogP contribution is 2.33. The van der Waals surface area contributed by atoms with Gasteiger partial charge in [0.25, 0.3) is 5.91 Å². The average molecular weight is 557 g/mol. The van der Waals surface area contributed by atoms with Gasteiger partial charge in [-0.2, -0.15) is 13.2 Å². The molecular formula is C20H20Br2ClF3N2O. The zero-order valence-electron chi connectivity index (χ0n) is 15.5. The van der Waals surface area contributed by atoms with Crippen molar-refractivity contribution in [1.82, 2.24) is 10.2 Å². The maximum atomic E-state index is 13.1. The molecule has 9 heteroatoms. The van der Waals surface area contributed by atoms with Gasteiger partial charge in [-0.3, -0.25) is 4.79 Å². The Labute approximate surface area is 190 Å². The predicted octanol–water partition coefficient (Wildman–Crippen LogP) is 5.87. The number of halogens is 6. The van der Waals surface area contributed by atoms with Gasteiger partial charge in [-0.1, -0.05) is 44.0 Å². The van der Waals surface area contributed by atoms with Crippen molar-refractivity contribution in [2.45, 2.75) is 24.6 Å². The number of alkyl halides is 3. The van der Waals surface area contributed by atoms with Crippen molar-refractivity contribution < 1.29 is 18.0 Å². The Morgan fingerprint density at radius 2 is 1.76 bits per heavy atom. The van der Waals surface area contributed by atoms with E-state index in [4.69, 9.17) is 0 Å². The third-order valence-electron chi connectivity index (χ3n) is 5.03. The number of hydrogen-bond acceptors (Lipinski definition) is 2. The predicted molar refractivity (Wildman–Crippen MR) is 117 cm³/mol. The van der Waals surface area contributed by atoms with E-state index in [2.05, 4.69) is 37.2 Å². The van der Waals surface area contributed by atoms with Crippen LogP contribution < -0.4 is 5.32 Å². The van der Waals surface area contributed by atoms with E-state index in [1.807, 2.05) is 24.3 Å². The summed E-state index contributed by atoms with van der Waals surface area (Å²) >= 11 is 6.51. The van der Waals surface area contributed by atoms with Crippen LogP contribution in [0.4, 0.5) is 13.2 Å². The number of amides is 1. The second-order valence-corrected chi connectivity index (χ2v) is 8.69. The number of nitrogens with zero attached hydrogens (tertiary/aromatic N) is 1. The summed E-state index contributed by atoms with van der Waals surface area (Å²) in [6.45, 7) is 1.46. The van der Waals surface area contributed by atoms with Crippen molar-refractivity contribution in [3.63, 3.8) is 0 Å². The summed E-state index contributed by atoms with van der Waals surface area (Å²) < 4.78 is 40.6. The lowest BCUT2D eigenvalue weighted by Gasteiger charge is -2.39. The molecule has 1 aliphatic heterocycles. The molecule has 1 N–H and O–H groups in total. The third-order valence-corrected chi connectivity index (χ3v) is 6.02. The average Bonchev–Trinajstić information content (AvgIpc) is 2.66. The fraction of sp³-hybridized carbons (Fsp3) is 0.350. The molecule has 0 bridgehead atoms. The maximum absolute atomic E-state index is 13.1. The Bertz CT molecular complexity index is 862. The molecule has 0 aliphatic carbocycles. The van der Waals surface area contributed by atoms with Crippen molar-refractivity contribution in [3.05, 3.63) is 68.1 Å². The summed E-state index contributed by atoms with van der Waals surface area (Å²) in [4.78, 5) is 14.6. The van der Waals surface area contributed by atoms with Crippen LogP contribution in [0.1, 0.15) is 33.8 Å². The van der Waals surface area contributed by atoms with Crippen LogP contribution in [0, 0.1) is 0 Å². The SMILES string of the molecule is CN(C(=O)c1cc(Br)cc(C(F)(F)F)c1)[C@@H]1CCNC[C@H]1c1ccc(Br)cc1.Cl. The summed E-state index contributed by atoms with van der Waals surface area (Å²) in [7, 11) is 1.67. The van der Waals surface area contributed by atoms with E-state index in [1.165, 1.54) is 6.07 Å². The number of rotatable bonds is 3. The molecule has 1 aliphatic rings. The molecule has 1 saturated heterocycles. The molecule has 1 heterocycles. The van der Waals surface area contributed by atoms with Crippen LogP contribution >= 0.6 is 44.3 Å². The molecule has 1 amide bonds. The summed E-state index contributed by atoms with van der Waals surface area (Å²) in [6.07, 6.45) is -3.78. The Balaban J connectivity index is 0.00000300. The van der Waals surface area contributed by atoms with Crippen molar-refractivity contribution >= 4 is 50.2 Å². The highest BCUT2D eigenvalue weighted by molar-refractivity contribution is 9.10. The Morgan fingerprint density at radius 1 is 1.10 bits per heavy atom.